The second kappa shape index (κ2) is 9.30. The average Bonchev–Trinajstić information content (AvgIpc) is 3.12. The first-order valence-corrected chi connectivity index (χ1v) is 9.01. The Morgan fingerprint density at radius 2 is 2.12 bits per heavy atom. The minimum atomic E-state index is -0.427. The van der Waals surface area contributed by atoms with Crippen molar-refractivity contribution < 1.29 is 4.79 Å². The molecule has 0 bridgehead atoms. The van der Waals surface area contributed by atoms with Crippen molar-refractivity contribution in [3.8, 4) is 11.4 Å². The summed E-state index contributed by atoms with van der Waals surface area (Å²) >= 11 is 5.91. The third-order valence-electron chi connectivity index (χ3n) is 4.62. The predicted molar refractivity (Wildman–Crippen MR) is 104 cm³/mol. The zero-order valence-electron chi connectivity index (χ0n) is 14.9. The first-order chi connectivity index (χ1) is 12.1. The lowest BCUT2D eigenvalue weighted by Gasteiger charge is -2.34. The molecule has 1 saturated heterocycles. The average molecular weight is 399 g/mol. The van der Waals surface area contributed by atoms with Gasteiger partial charge in [-0.15, -0.1) is 22.6 Å². The molecule has 7 nitrogen and oxygen atoms in total. The number of halogens is 2. The van der Waals surface area contributed by atoms with Crippen molar-refractivity contribution in [3.05, 3.63) is 29.3 Å². The molecule has 142 valence electrons. The number of hydrogen-bond acceptors (Lipinski definition) is 5. The fourth-order valence-electron chi connectivity index (χ4n) is 3.13. The first-order valence-electron chi connectivity index (χ1n) is 8.64. The Morgan fingerprint density at radius 1 is 1.38 bits per heavy atom. The molecule has 0 saturated carbocycles. The molecular weight excluding hydrogens is 375 g/mol. The van der Waals surface area contributed by atoms with Crippen LogP contribution in [-0.2, 0) is 4.79 Å². The number of carbonyl (C=O) groups excluding carboxylic acids is 1. The molecule has 1 aliphatic heterocycles. The standard InChI is InChI=1S/C17H23ClN6O.ClH/c1-3-15(17(25)23-10-4-5-14(11-23)19-2)24-21-16(20-22-24)12-6-8-13(18)9-7-12;/h6-9,14-15,19H,3-5,10-11H2,1-2H3;1H. The van der Waals surface area contributed by atoms with Crippen molar-refractivity contribution in [1.29, 1.82) is 0 Å². The van der Waals surface area contributed by atoms with E-state index in [1.165, 1.54) is 4.80 Å². The minimum absolute atomic E-state index is 0. The largest absolute Gasteiger partial charge is 0.339 e. The van der Waals surface area contributed by atoms with Gasteiger partial charge in [0.05, 0.1) is 0 Å². The van der Waals surface area contributed by atoms with Crippen LogP contribution in [0.15, 0.2) is 24.3 Å². The van der Waals surface area contributed by atoms with Crippen molar-refractivity contribution in [2.45, 2.75) is 38.3 Å². The van der Waals surface area contributed by atoms with Crippen LogP contribution in [0.4, 0.5) is 0 Å². The maximum absolute atomic E-state index is 12.9. The summed E-state index contributed by atoms with van der Waals surface area (Å²) < 4.78 is 0. The van der Waals surface area contributed by atoms with E-state index >= 15 is 0 Å². The molecule has 2 unspecified atom stereocenters. The van der Waals surface area contributed by atoms with E-state index in [9.17, 15) is 4.79 Å². The molecule has 2 atom stereocenters. The molecule has 1 fully saturated rings. The lowest BCUT2D eigenvalue weighted by molar-refractivity contribution is -0.137. The SMILES string of the molecule is CCC(C(=O)N1CCCC(NC)C1)n1nnc(-c2ccc(Cl)cc2)n1.Cl. The van der Waals surface area contributed by atoms with Gasteiger partial charge in [0, 0.05) is 29.7 Å². The van der Waals surface area contributed by atoms with Crippen LogP contribution in [0.2, 0.25) is 5.02 Å². The molecule has 1 amide bonds. The molecule has 3 rings (SSSR count). The number of likely N-dealkylation sites (N-methyl/N-ethyl adjacent to an activating group) is 1. The maximum Gasteiger partial charge on any atom is 0.249 e. The van der Waals surface area contributed by atoms with Gasteiger partial charge in [0.25, 0.3) is 0 Å². The van der Waals surface area contributed by atoms with Gasteiger partial charge in [0.1, 0.15) is 0 Å². The van der Waals surface area contributed by atoms with Gasteiger partial charge in [0.2, 0.25) is 11.7 Å². The zero-order chi connectivity index (χ0) is 17.8. The number of piperidine rings is 1. The van der Waals surface area contributed by atoms with Gasteiger partial charge in [-0.25, -0.2) is 0 Å². The van der Waals surface area contributed by atoms with E-state index in [-0.39, 0.29) is 18.3 Å². The molecule has 2 heterocycles. The Morgan fingerprint density at radius 3 is 2.77 bits per heavy atom. The normalized spacial score (nSPS) is 18.3. The maximum atomic E-state index is 12.9. The van der Waals surface area contributed by atoms with Gasteiger partial charge >= 0.3 is 0 Å². The van der Waals surface area contributed by atoms with Gasteiger partial charge in [-0.1, -0.05) is 18.5 Å². The Labute approximate surface area is 164 Å². The second-order valence-corrected chi connectivity index (χ2v) is 6.71. The Hall–Kier alpha value is -1.70. The summed E-state index contributed by atoms with van der Waals surface area (Å²) in [4.78, 5) is 16.3. The quantitative estimate of drug-likeness (QED) is 0.837. The fourth-order valence-corrected chi connectivity index (χ4v) is 3.26. The Kier molecular flexibility index (Phi) is 7.37. The molecule has 2 aromatic rings. The first kappa shape index (κ1) is 20.6. The minimum Gasteiger partial charge on any atom is -0.339 e. The molecule has 9 heteroatoms. The van der Waals surface area contributed by atoms with Crippen molar-refractivity contribution in [2.24, 2.45) is 0 Å². The van der Waals surface area contributed by atoms with Crippen LogP contribution >= 0.6 is 24.0 Å². The van der Waals surface area contributed by atoms with E-state index in [2.05, 4.69) is 20.7 Å². The monoisotopic (exact) mass is 398 g/mol. The van der Waals surface area contributed by atoms with Crippen LogP contribution in [0.3, 0.4) is 0 Å². The molecule has 0 spiro atoms. The third-order valence-corrected chi connectivity index (χ3v) is 4.87. The van der Waals surface area contributed by atoms with Gasteiger partial charge in [0.15, 0.2) is 6.04 Å². The number of benzene rings is 1. The van der Waals surface area contributed by atoms with Gasteiger partial charge in [-0.3, -0.25) is 4.79 Å². The van der Waals surface area contributed by atoms with Gasteiger partial charge in [-0.05, 0) is 55.8 Å². The van der Waals surface area contributed by atoms with Crippen LogP contribution in [0, 0.1) is 0 Å². The number of rotatable bonds is 5. The Bertz CT molecular complexity index is 720. The zero-order valence-corrected chi connectivity index (χ0v) is 16.5. The fraction of sp³-hybridized carbons (Fsp3) is 0.529. The topological polar surface area (TPSA) is 75.9 Å². The van der Waals surface area contributed by atoms with Crippen LogP contribution < -0.4 is 5.32 Å². The summed E-state index contributed by atoms with van der Waals surface area (Å²) in [6, 6.07) is 7.17. The van der Waals surface area contributed by atoms with Crippen molar-refractivity contribution >= 4 is 29.9 Å². The van der Waals surface area contributed by atoms with Crippen molar-refractivity contribution in [3.63, 3.8) is 0 Å². The predicted octanol–water partition coefficient (Wildman–Crippen LogP) is 2.58. The summed E-state index contributed by atoms with van der Waals surface area (Å²) in [6.45, 7) is 3.48. The summed E-state index contributed by atoms with van der Waals surface area (Å²) in [5.74, 6) is 0.553. The van der Waals surface area contributed by atoms with Crippen LogP contribution in [0.5, 0.6) is 0 Å². The number of hydrogen-bond donors (Lipinski definition) is 1. The van der Waals surface area contributed by atoms with E-state index in [0.717, 1.165) is 31.5 Å². The highest BCUT2D eigenvalue weighted by atomic mass is 35.5. The lowest BCUT2D eigenvalue weighted by atomic mass is 10.0. The van der Waals surface area contributed by atoms with E-state index in [1.54, 1.807) is 12.1 Å². The van der Waals surface area contributed by atoms with E-state index < -0.39 is 6.04 Å². The summed E-state index contributed by atoms with van der Waals surface area (Å²) in [5, 5.41) is 16.6. The number of nitrogens with zero attached hydrogens (tertiary/aromatic N) is 5. The van der Waals surface area contributed by atoms with Crippen LogP contribution in [0.1, 0.15) is 32.2 Å². The summed E-state index contributed by atoms with van der Waals surface area (Å²) in [7, 11) is 1.94. The third kappa shape index (κ3) is 4.52. The number of tetrazole rings is 1. The van der Waals surface area contributed by atoms with E-state index in [0.29, 0.717) is 23.3 Å². The Balaban J connectivity index is 0.00000243. The molecule has 1 aromatic carbocycles. The van der Waals surface area contributed by atoms with Gasteiger partial charge in [-0.2, -0.15) is 4.80 Å². The highest BCUT2D eigenvalue weighted by Gasteiger charge is 2.30. The van der Waals surface area contributed by atoms with E-state index in [4.69, 9.17) is 11.6 Å². The molecule has 26 heavy (non-hydrogen) atoms. The molecule has 1 aromatic heterocycles. The highest BCUT2D eigenvalue weighted by Crippen LogP contribution is 2.20. The number of aromatic nitrogens is 4. The van der Waals surface area contributed by atoms with Crippen LogP contribution in [-0.4, -0.2) is 57.2 Å². The number of likely N-dealkylation sites (tertiary alicyclic amines) is 1. The summed E-state index contributed by atoms with van der Waals surface area (Å²) in [5.41, 5.74) is 0.825. The summed E-state index contributed by atoms with van der Waals surface area (Å²) in [6.07, 6.45) is 2.73. The molecule has 1 aliphatic rings. The smallest absolute Gasteiger partial charge is 0.249 e. The molecule has 1 N–H and O–H groups in total. The molecule has 0 radical (unpaired) electrons. The van der Waals surface area contributed by atoms with E-state index in [1.807, 2.05) is 31.0 Å². The number of nitrogens with one attached hydrogen (secondary N) is 1. The molecule has 0 aliphatic carbocycles. The number of carbonyl (C=O) groups is 1. The van der Waals surface area contributed by atoms with Gasteiger partial charge < -0.3 is 10.2 Å². The van der Waals surface area contributed by atoms with Crippen molar-refractivity contribution in [1.82, 2.24) is 30.4 Å². The van der Waals surface area contributed by atoms with Crippen LogP contribution in [0.25, 0.3) is 11.4 Å². The van der Waals surface area contributed by atoms with Crippen molar-refractivity contribution in [2.75, 3.05) is 20.1 Å². The lowest BCUT2D eigenvalue weighted by Crippen LogP contribution is -2.49. The second-order valence-electron chi connectivity index (χ2n) is 6.28. The highest BCUT2D eigenvalue weighted by molar-refractivity contribution is 6.30. The number of amides is 1. The molecular formula is C17H24Cl2N6O.